The number of hydrogen-bond donors (Lipinski definition) is 0. The lowest BCUT2D eigenvalue weighted by Crippen LogP contribution is -2.18. The highest BCUT2D eigenvalue weighted by Gasteiger charge is 2.40. The van der Waals surface area contributed by atoms with Crippen molar-refractivity contribution in [3.63, 3.8) is 0 Å². The average molecular weight is 794 g/mol. The fourth-order valence-electron chi connectivity index (χ4n) is 10.5. The molecule has 62 heavy (non-hydrogen) atoms. The van der Waals surface area contributed by atoms with Gasteiger partial charge >= 0.3 is 0 Å². The van der Waals surface area contributed by atoms with Crippen LogP contribution in [0.5, 0.6) is 0 Å². The van der Waals surface area contributed by atoms with Crippen molar-refractivity contribution in [3.05, 3.63) is 216 Å². The minimum absolute atomic E-state index is 0.200. The van der Waals surface area contributed by atoms with Crippen molar-refractivity contribution in [2.24, 2.45) is 5.92 Å². The van der Waals surface area contributed by atoms with Crippen LogP contribution in [0.2, 0.25) is 0 Å². The summed E-state index contributed by atoms with van der Waals surface area (Å²) in [5, 5.41) is 5.89. The maximum Gasteiger partial charge on any atom is 0.0978 e. The number of nitrogens with zero attached hydrogens (tertiary/aromatic N) is 3. The Morgan fingerprint density at radius 2 is 1.19 bits per heavy atom. The number of fused-ring (bicyclic) bond motifs is 9. The molecule has 0 saturated heterocycles. The minimum atomic E-state index is -0.208. The van der Waals surface area contributed by atoms with E-state index in [0.717, 1.165) is 61.1 Å². The van der Waals surface area contributed by atoms with Crippen molar-refractivity contribution in [3.8, 4) is 44.9 Å². The normalized spacial score (nSPS) is 16.5. The van der Waals surface area contributed by atoms with E-state index in [9.17, 15) is 0 Å². The van der Waals surface area contributed by atoms with Crippen molar-refractivity contribution in [1.82, 2.24) is 15.0 Å². The zero-order valence-corrected chi connectivity index (χ0v) is 35.0. The van der Waals surface area contributed by atoms with E-state index in [0.29, 0.717) is 0 Å². The van der Waals surface area contributed by atoms with Gasteiger partial charge in [-0.2, -0.15) is 0 Å². The molecular formula is C59H43N3. The van der Waals surface area contributed by atoms with Gasteiger partial charge in [-0.05, 0) is 86.0 Å². The number of benzene rings is 7. The van der Waals surface area contributed by atoms with Crippen LogP contribution in [-0.4, -0.2) is 15.0 Å². The molecule has 2 aliphatic carbocycles. The van der Waals surface area contributed by atoms with Gasteiger partial charge in [-0.25, -0.2) is 15.0 Å². The molecule has 294 valence electrons. The summed E-state index contributed by atoms with van der Waals surface area (Å²) < 4.78 is 0. The molecular weight excluding hydrogens is 751 g/mol. The molecule has 0 bridgehead atoms. The second-order valence-electron chi connectivity index (χ2n) is 17.6. The van der Waals surface area contributed by atoms with E-state index in [2.05, 4.69) is 203 Å². The summed E-state index contributed by atoms with van der Waals surface area (Å²) >= 11 is 0. The summed E-state index contributed by atoms with van der Waals surface area (Å²) in [6.45, 7) is 7.12. The number of aromatic nitrogens is 3. The van der Waals surface area contributed by atoms with Gasteiger partial charge < -0.3 is 0 Å². The molecule has 2 aliphatic rings. The molecule has 3 heteroatoms. The Morgan fingerprint density at radius 3 is 1.98 bits per heavy atom. The number of hydrogen-bond acceptors (Lipinski definition) is 3. The van der Waals surface area contributed by atoms with Crippen molar-refractivity contribution >= 4 is 49.1 Å². The van der Waals surface area contributed by atoms with Crippen LogP contribution in [-0.2, 0) is 5.41 Å². The summed E-state index contributed by atoms with van der Waals surface area (Å²) in [5.74, 6) is 0.446. The van der Waals surface area contributed by atoms with Crippen LogP contribution in [0.15, 0.2) is 194 Å². The van der Waals surface area contributed by atoms with Crippen LogP contribution in [0.3, 0.4) is 0 Å². The fraction of sp³-hybridized carbons (Fsp3) is 0.102. The summed E-state index contributed by atoms with van der Waals surface area (Å²) in [6.07, 6.45) is 7.35. The molecule has 0 radical (unpaired) electrons. The number of rotatable bonds is 5. The highest BCUT2D eigenvalue weighted by atomic mass is 14.8. The zero-order chi connectivity index (χ0) is 41.5. The average Bonchev–Trinajstić information content (AvgIpc) is 3.55. The van der Waals surface area contributed by atoms with E-state index in [4.69, 9.17) is 15.0 Å². The second-order valence-corrected chi connectivity index (χ2v) is 17.6. The predicted molar refractivity (Wildman–Crippen MR) is 259 cm³/mol. The molecule has 0 amide bonds. The molecule has 0 spiro atoms. The Balaban J connectivity index is 0.981. The molecule has 2 atom stereocenters. The summed E-state index contributed by atoms with van der Waals surface area (Å²) in [5.41, 5.74) is 18.0. The molecule has 10 aromatic rings. The Morgan fingerprint density at radius 1 is 0.516 bits per heavy atom. The van der Waals surface area contributed by atoms with Crippen molar-refractivity contribution in [2.45, 2.75) is 32.1 Å². The molecule has 3 aromatic heterocycles. The van der Waals surface area contributed by atoms with E-state index < -0.39 is 0 Å². The van der Waals surface area contributed by atoms with Gasteiger partial charge in [0.15, 0.2) is 0 Å². The first-order valence-electron chi connectivity index (χ1n) is 21.7. The van der Waals surface area contributed by atoms with Gasteiger partial charge in [-0.15, -0.1) is 0 Å². The molecule has 3 nitrogen and oxygen atoms in total. The van der Waals surface area contributed by atoms with Gasteiger partial charge in [-0.3, -0.25) is 0 Å². The molecule has 7 aromatic carbocycles. The number of pyridine rings is 3. The minimum Gasteiger partial charge on any atom is -0.247 e. The van der Waals surface area contributed by atoms with Crippen LogP contribution in [0.4, 0.5) is 0 Å². The molecule has 12 rings (SSSR count). The quantitative estimate of drug-likeness (QED) is 0.163. The molecule has 0 aliphatic heterocycles. The predicted octanol–water partition coefficient (Wildman–Crippen LogP) is 15.2. The molecule has 0 saturated carbocycles. The van der Waals surface area contributed by atoms with Crippen LogP contribution >= 0.6 is 0 Å². The second kappa shape index (κ2) is 14.0. The number of allylic oxidation sites excluding steroid dienone is 4. The van der Waals surface area contributed by atoms with Crippen molar-refractivity contribution < 1.29 is 0 Å². The Labute approximate surface area is 361 Å². The maximum absolute atomic E-state index is 5.44. The largest absolute Gasteiger partial charge is 0.247 e. The third-order valence-corrected chi connectivity index (χ3v) is 13.5. The third-order valence-electron chi connectivity index (χ3n) is 13.5. The summed E-state index contributed by atoms with van der Waals surface area (Å²) in [4.78, 5) is 16.1. The van der Waals surface area contributed by atoms with E-state index >= 15 is 0 Å². The van der Waals surface area contributed by atoms with E-state index in [1.54, 1.807) is 0 Å². The fourth-order valence-corrected chi connectivity index (χ4v) is 10.5. The van der Waals surface area contributed by atoms with E-state index in [1.807, 2.05) is 12.1 Å². The van der Waals surface area contributed by atoms with Gasteiger partial charge in [0.25, 0.3) is 0 Å². The maximum atomic E-state index is 5.44. The van der Waals surface area contributed by atoms with Crippen LogP contribution in [0, 0.1) is 5.92 Å². The van der Waals surface area contributed by atoms with Crippen LogP contribution < -0.4 is 0 Å². The first-order chi connectivity index (χ1) is 30.4. The molecule has 2 unspecified atom stereocenters. The SMILES string of the molecule is CC1C=C(c2c3c(nc4ccc5ccccc5c24)-c2ccccc2C3(C)C)C=CC1c1cccc(-c2cc3ccc(-c4ccccc4)nc3c3nc(-c4ccccc4)ccc23)c1. The topological polar surface area (TPSA) is 38.7 Å². The molecule has 3 heterocycles. The molecule has 0 N–H and O–H groups in total. The van der Waals surface area contributed by atoms with Gasteiger partial charge in [0, 0.05) is 44.2 Å². The van der Waals surface area contributed by atoms with Gasteiger partial charge in [-0.1, -0.05) is 185 Å². The van der Waals surface area contributed by atoms with Crippen LogP contribution in [0.25, 0.3) is 94.0 Å². The Hall–Kier alpha value is -7.49. The lowest BCUT2D eigenvalue weighted by molar-refractivity contribution is 0.636. The first kappa shape index (κ1) is 36.4. The smallest absolute Gasteiger partial charge is 0.0978 e. The third kappa shape index (κ3) is 5.69. The van der Waals surface area contributed by atoms with E-state index in [-0.39, 0.29) is 17.3 Å². The zero-order valence-electron chi connectivity index (χ0n) is 35.0. The summed E-state index contributed by atoms with van der Waals surface area (Å²) in [6, 6.07) is 63.1. The lowest BCUT2D eigenvalue weighted by atomic mass is 9.75. The van der Waals surface area contributed by atoms with Crippen LogP contribution in [0.1, 0.15) is 48.9 Å². The highest BCUT2D eigenvalue weighted by Crippen LogP contribution is 2.53. The summed E-state index contributed by atoms with van der Waals surface area (Å²) in [7, 11) is 0. The van der Waals surface area contributed by atoms with Gasteiger partial charge in [0.1, 0.15) is 0 Å². The highest BCUT2D eigenvalue weighted by molar-refractivity contribution is 6.15. The Bertz CT molecular complexity index is 3510. The van der Waals surface area contributed by atoms with E-state index in [1.165, 1.54) is 55.1 Å². The first-order valence-corrected chi connectivity index (χ1v) is 21.7. The van der Waals surface area contributed by atoms with Crippen molar-refractivity contribution in [2.75, 3.05) is 0 Å². The monoisotopic (exact) mass is 793 g/mol. The standard InChI is InChI=1S/C59H43N3/c1-36-33-42(53-54-45-22-11-10-15-37(45)26-31-52(54)62-57-47-23-12-13-24-49(47)59(2,3)55(53)57)25-28-44(36)40-20-14-21-41(34-40)48-35-43-27-30-50(38-16-6-4-7-17-38)60-56(43)58-46(48)29-32-51(61-58)39-18-8-5-9-19-39/h4-36,44H,1-3H3. The van der Waals surface area contributed by atoms with Crippen molar-refractivity contribution in [1.29, 1.82) is 0 Å². The van der Waals surface area contributed by atoms with Gasteiger partial charge in [0.2, 0.25) is 0 Å². The molecule has 0 fully saturated rings. The Kier molecular flexibility index (Phi) is 8.24. The van der Waals surface area contributed by atoms with Gasteiger partial charge in [0.05, 0.1) is 33.6 Å². The lowest BCUT2D eigenvalue weighted by Gasteiger charge is -2.29.